The van der Waals surface area contributed by atoms with E-state index in [1.807, 2.05) is 18.2 Å². The smallest absolute Gasteiger partial charge is 0.211 e. The van der Waals surface area contributed by atoms with Gasteiger partial charge in [0.25, 0.3) is 0 Å². The van der Waals surface area contributed by atoms with Crippen molar-refractivity contribution in [1.82, 2.24) is 9.21 Å². The van der Waals surface area contributed by atoms with Crippen molar-refractivity contribution in [3.63, 3.8) is 0 Å². The lowest BCUT2D eigenvalue weighted by molar-refractivity contribution is 0.163. The third-order valence-electron chi connectivity index (χ3n) is 3.98. The van der Waals surface area contributed by atoms with Crippen LogP contribution in [0, 0.1) is 0 Å². The number of rotatable bonds is 4. The molecule has 1 aliphatic heterocycles. The Morgan fingerprint density at radius 1 is 1.30 bits per heavy atom. The van der Waals surface area contributed by atoms with Gasteiger partial charge in [-0.05, 0) is 18.9 Å². The van der Waals surface area contributed by atoms with E-state index in [1.165, 1.54) is 10.6 Å². The molecule has 1 N–H and O–H groups in total. The van der Waals surface area contributed by atoms with Crippen molar-refractivity contribution in [2.45, 2.75) is 25.4 Å². The molecule has 0 amide bonds. The molecule has 112 valence electrons. The predicted octanol–water partition coefficient (Wildman–Crippen LogP) is 1.25. The molecule has 0 unspecified atom stereocenters. The quantitative estimate of drug-likeness (QED) is 0.909. The molecule has 0 atom stereocenters. The molecule has 1 aromatic rings. The Morgan fingerprint density at radius 3 is 2.45 bits per heavy atom. The Labute approximate surface area is 120 Å². The standard InChI is InChI=1S/C14H22N2O3S/c1-15(20(2,18)19)13-7-9-16(10-8-13)11-12-5-3-4-6-14(12)17/h3-6,13,17H,7-11H2,1-2H3. The third kappa shape index (κ3) is 3.71. The van der Waals surface area contributed by atoms with Crippen LogP contribution in [-0.4, -0.2) is 55.2 Å². The molecule has 1 aromatic carbocycles. The van der Waals surface area contributed by atoms with Crippen LogP contribution >= 0.6 is 0 Å². The number of piperidine rings is 1. The van der Waals surface area contributed by atoms with E-state index in [-0.39, 0.29) is 6.04 Å². The highest BCUT2D eigenvalue weighted by molar-refractivity contribution is 7.88. The van der Waals surface area contributed by atoms with Crippen LogP contribution in [0.5, 0.6) is 5.75 Å². The second-order valence-electron chi connectivity index (χ2n) is 5.42. The van der Waals surface area contributed by atoms with E-state index in [4.69, 9.17) is 0 Å². The summed E-state index contributed by atoms with van der Waals surface area (Å²) in [5.74, 6) is 0.322. The van der Waals surface area contributed by atoms with Gasteiger partial charge in [0, 0.05) is 38.3 Å². The normalized spacial score (nSPS) is 18.6. The van der Waals surface area contributed by atoms with Gasteiger partial charge in [0.2, 0.25) is 10.0 Å². The maximum atomic E-state index is 11.5. The highest BCUT2D eigenvalue weighted by atomic mass is 32.2. The molecule has 20 heavy (non-hydrogen) atoms. The SMILES string of the molecule is CN(C1CCN(Cc2ccccc2O)CC1)S(C)(=O)=O. The summed E-state index contributed by atoms with van der Waals surface area (Å²) in [7, 11) is -1.46. The lowest BCUT2D eigenvalue weighted by Crippen LogP contribution is -2.44. The minimum Gasteiger partial charge on any atom is -0.508 e. The number of sulfonamides is 1. The van der Waals surface area contributed by atoms with Gasteiger partial charge in [0.05, 0.1) is 6.26 Å². The summed E-state index contributed by atoms with van der Waals surface area (Å²) in [5, 5.41) is 9.77. The number of phenolic OH excluding ortho intramolecular Hbond substituents is 1. The maximum absolute atomic E-state index is 11.5. The van der Waals surface area contributed by atoms with Crippen LogP contribution in [-0.2, 0) is 16.6 Å². The molecular weight excluding hydrogens is 276 g/mol. The summed E-state index contributed by atoms with van der Waals surface area (Å²) in [5.41, 5.74) is 0.919. The van der Waals surface area contributed by atoms with Gasteiger partial charge < -0.3 is 5.11 Å². The van der Waals surface area contributed by atoms with Crippen LogP contribution in [0.15, 0.2) is 24.3 Å². The van der Waals surface area contributed by atoms with Crippen LogP contribution in [0.2, 0.25) is 0 Å². The van der Waals surface area contributed by atoms with E-state index in [2.05, 4.69) is 4.90 Å². The molecule has 0 aliphatic carbocycles. The van der Waals surface area contributed by atoms with Crippen LogP contribution in [0.3, 0.4) is 0 Å². The number of nitrogens with zero attached hydrogens (tertiary/aromatic N) is 2. The molecule has 0 aromatic heterocycles. The van der Waals surface area contributed by atoms with Gasteiger partial charge in [0.15, 0.2) is 0 Å². The molecular formula is C14H22N2O3S. The number of aromatic hydroxyl groups is 1. The fourth-order valence-electron chi connectivity index (χ4n) is 2.60. The lowest BCUT2D eigenvalue weighted by Gasteiger charge is -2.35. The zero-order chi connectivity index (χ0) is 14.8. The minimum atomic E-state index is -3.11. The Morgan fingerprint density at radius 2 is 1.90 bits per heavy atom. The van der Waals surface area contributed by atoms with Crippen LogP contribution in [0.4, 0.5) is 0 Å². The van der Waals surface area contributed by atoms with E-state index in [0.29, 0.717) is 12.3 Å². The van der Waals surface area contributed by atoms with Crippen molar-refractivity contribution in [3.05, 3.63) is 29.8 Å². The summed E-state index contributed by atoms with van der Waals surface area (Å²) in [6, 6.07) is 7.43. The van der Waals surface area contributed by atoms with Crippen molar-refractivity contribution in [3.8, 4) is 5.75 Å². The van der Waals surface area contributed by atoms with Crippen LogP contribution < -0.4 is 0 Å². The van der Waals surface area contributed by atoms with E-state index in [0.717, 1.165) is 31.5 Å². The van der Waals surface area contributed by atoms with Crippen LogP contribution in [0.1, 0.15) is 18.4 Å². The zero-order valence-corrected chi connectivity index (χ0v) is 12.8. The van der Waals surface area contributed by atoms with Gasteiger partial charge in [-0.2, -0.15) is 0 Å². The summed E-state index contributed by atoms with van der Waals surface area (Å²) < 4.78 is 24.5. The van der Waals surface area contributed by atoms with Gasteiger partial charge in [0.1, 0.15) is 5.75 Å². The summed E-state index contributed by atoms with van der Waals surface area (Å²) in [4.78, 5) is 2.25. The van der Waals surface area contributed by atoms with E-state index in [9.17, 15) is 13.5 Å². The Bertz CT molecular complexity index is 551. The number of benzene rings is 1. The van der Waals surface area contributed by atoms with E-state index in [1.54, 1.807) is 13.1 Å². The first-order valence-electron chi connectivity index (χ1n) is 6.80. The van der Waals surface area contributed by atoms with Crippen LogP contribution in [0.25, 0.3) is 0 Å². The molecule has 1 heterocycles. The molecule has 5 nitrogen and oxygen atoms in total. The van der Waals surface area contributed by atoms with Gasteiger partial charge in [-0.1, -0.05) is 18.2 Å². The van der Waals surface area contributed by atoms with Crippen molar-refractivity contribution >= 4 is 10.0 Å². The monoisotopic (exact) mass is 298 g/mol. The predicted molar refractivity (Wildman–Crippen MR) is 79.0 cm³/mol. The maximum Gasteiger partial charge on any atom is 0.211 e. The Balaban J connectivity index is 1.91. The molecule has 0 spiro atoms. The fourth-order valence-corrected chi connectivity index (χ4v) is 3.35. The molecule has 0 saturated carbocycles. The van der Waals surface area contributed by atoms with Gasteiger partial charge >= 0.3 is 0 Å². The molecule has 1 aliphatic rings. The van der Waals surface area contributed by atoms with E-state index < -0.39 is 10.0 Å². The number of hydrogen-bond donors (Lipinski definition) is 1. The zero-order valence-electron chi connectivity index (χ0n) is 12.0. The average Bonchev–Trinajstić information content (AvgIpc) is 2.40. The third-order valence-corrected chi connectivity index (χ3v) is 5.32. The topological polar surface area (TPSA) is 60.9 Å². The molecule has 1 saturated heterocycles. The number of likely N-dealkylation sites (tertiary alicyclic amines) is 1. The first-order chi connectivity index (χ1) is 9.38. The Kier molecular flexibility index (Phi) is 4.67. The molecule has 0 bridgehead atoms. The number of phenols is 1. The summed E-state index contributed by atoms with van der Waals surface area (Å²) in [6.45, 7) is 2.40. The second-order valence-corrected chi connectivity index (χ2v) is 7.46. The average molecular weight is 298 g/mol. The first kappa shape index (κ1) is 15.3. The van der Waals surface area contributed by atoms with E-state index >= 15 is 0 Å². The summed E-state index contributed by atoms with van der Waals surface area (Å²) in [6.07, 6.45) is 2.91. The van der Waals surface area contributed by atoms with Crippen molar-refractivity contribution in [1.29, 1.82) is 0 Å². The lowest BCUT2D eigenvalue weighted by atomic mass is 10.0. The molecule has 1 fully saturated rings. The van der Waals surface area contributed by atoms with Gasteiger partial charge in [-0.15, -0.1) is 0 Å². The minimum absolute atomic E-state index is 0.0885. The fraction of sp³-hybridized carbons (Fsp3) is 0.571. The molecule has 0 radical (unpaired) electrons. The van der Waals surface area contributed by atoms with Crippen molar-refractivity contribution in [2.75, 3.05) is 26.4 Å². The van der Waals surface area contributed by atoms with Gasteiger partial charge in [-0.3, -0.25) is 4.90 Å². The van der Waals surface area contributed by atoms with Crippen molar-refractivity contribution in [2.24, 2.45) is 0 Å². The second kappa shape index (κ2) is 6.11. The molecule has 6 heteroatoms. The summed E-state index contributed by atoms with van der Waals surface area (Å²) >= 11 is 0. The molecule has 2 rings (SSSR count). The Hall–Kier alpha value is -1.11. The number of hydrogen-bond acceptors (Lipinski definition) is 4. The largest absolute Gasteiger partial charge is 0.508 e. The first-order valence-corrected chi connectivity index (χ1v) is 8.65. The number of para-hydroxylation sites is 1. The van der Waals surface area contributed by atoms with Gasteiger partial charge in [-0.25, -0.2) is 12.7 Å². The highest BCUT2D eigenvalue weighted by Crippen LogP contribution is 2.22. The highest BCUT2D eigenvalue weighted by Gasteiger charge is 2.27. The van der Waals surface area contributed by atoms with Crippen molar-refractivity contribution < 1.29 is 13.5 Å².